The summed E-state index contributed by atoms with van der Waals surface area (Å²) in [5, 5.41) is 3.26. The Labute approximate surface area is 128 Å². The van der Waals surface area contributed by atoms with Crippen LogP contribution in [0, 0.1) is 12.8 Å². The molecule has 1 atom stereocenters. The van der Waals surface area contributed by atoms with Gasteiger partial charge in [-0.3, -0.25) is 0 Å². The molecule has 4 nitrogen and oxygen atoms in total. The second-order valence-corrected chi connectivity index (χ2v) is 6.60. The maximum atomic E-state index is 4.93. The van der Waals surface area contributed by atoms with Gasteiger partial charge in [0.1, 0.15) is 17.5 Å². The van der Waals surface area contributed by atoms with E-state index in [1.54, 1.807) is 0 Å². The summed E-state index contributed by atoms with van der Waals surface area (Å²) in [4.78, 5) is 12.1. The van der Waals surface area contributed by atoms with Gasteiger partial charge in [0.15, 0.2) is 0 Å². The molecule has 2 fully saturated rings. The highest BCUT2D eigenvalue weighted by molar-refractivity contribution is 5.58. The molecule has 1 unspecified atom stereocenters. The SMILES string of the molecule is CCC1CCCN(c2nc(C3CC3)nc(NC)c2C)CC1. The van der Waals surface area contributed by atoms with Gasteiger partial charge in [0.05, 0.1) is 0 Å². The normalized spacial score (nSPS) is 23.0. The molecule has 1 saturated carbocycles. The van der Waals surface area contributed by atoms with E-state index in [4.69, 9.17) is 9.97 Å². The van der Waals surface area contributed by atoms with Gasteiger partial charge < -0.3 is 10.2 Å². The Kier molecular flexibility index (Phi) is 4.32. The smallest absolute Gasteiger partial charge is 0.137 e. The molecule has 1 saturated heterocycles. The van der Waals surface area contributed by atoms with Crippen LogP contribution in [0.2, 0.25) is 0 Å². The first-order valence-electron chi connectivity index (χ1n) is 8.54. The van der Waals surface area contributed by atoms with Crippen molar-refractivity contribution in [3.8, 4) is 0 Å². The summed E-state index contributed by atoms with van der Waals surface area (Å²) < 4.78 is 0. The van der Waals surface area contributed by atoms with E-state index in [0.717, 1.165) is 30.6 Å². The van der Waals surface area contributed by atoms with Crippen LogP contribution in [-0.4, -0.2) is 30.1 Å². The molecule has 1 aliphatic carbocycles. The molecule has 1 aromatic rings. The minimum absolute atomic E-state index is 0.604. The average molecular weight is 288 g/mol. The van der Waals surface area contributed by atoms with Gasteiger partial charge in [-0.15, -0.1) is 0 Å². The van der Waals surface area contributed by atoms with E-state index in [-0.39, 0.29) is 0 Å². The van der Waals surface area contributed by atoms with E-state index in [1.165, 1.54) is 49.9 Å². The predicted octanol–water partition coefficient (Wildman–Crippen LogP) is 3.72. The van der Waals surface area contributed by atoms with Crippen LogP contribution in [0.3, 0.4) is 0 Å². The van der Waals surface area contributed by atoms with Crippen LogP contribution >= 0.6 is 0 Å². The third-order valence-electron chi connectivity index (χ3n) is 5.04. The number of hydrogen-bond donors (Lipinski definition) is 1. The lowest BCUT2D eigenvalue weighted by atomic mass is 9.98. The minimum atomic E-state index is 0.604. The summed E-state index contributed by atoms with van der Waals surface area (Å²) in [7, 11) is 1.96. The summed E-state index contributed by atoms with van der Waals surface area (Å²) in [5.41, 5.74) is 1.21. The second-order valence-electron chi connectivity index (χ2n) is 6.60. The van der Waals surface area contributed by atoms with Crippen molar-refractivity contribution in [3.63, 3.8) is 0 Å². The Morgan fingerprint density at radius 1 is 1.14 bits per heavy atom. The summed E-state index contributed by atoms with van der Waals surface area (Å²) in [6, 6.07) is 0. The van der Waals surface area contributed by atoms with Crippen molar-refractivity contribution in [3.05, 3.63) is 11.4 Å². The Morgan fingerprint density at radius 2 is 1.95 bits per heavy atom. The molecule has 3 rings (SSSR count). The van der Waals surface area contributed by atoms with Gasteiger partial charge in [0, 0.05) is 31.6 Å². The Hall–Kier alpha value is -1.32. The molecule has 4 heteroatoms. The third kappa shape index (κ3) is 3.14. The first-order chi connectivity index (χ1) is 10.2. The summed E-state index contributed by atoms with van der Waals surface area (Å²) in [5.74, 6) is 4.73. The van der Waals surface area contributed by atoms with E-state index in [9.17, 15) is 0 Å². The Balaban J connectivity index is 1.87. The lowest BCUT2D eigenvalue weighted by molar-refractivity contribution is 0.459. The van der Waals surface area contributed by atoms with E-state index in [2.05, 4.69) is 24.1 Å². The highest BCUT2D eigenvalue weighted by atomic mass is 15.2. The van der Waals surface area contributed by atoms with Crippen molar-refractivity contribution in [2.45, 2.75) is 58.3 Å². The van der Waals surface area contributed by atoms with Gasteiger partial charge in [0.25, 0.3) is 0 Å². The largest absolute Gasteiger partial charge is 0.373 e. The first-order valence-corrected chi connectivity index (χ1v) is 8.54. The quantitative estimate of drug-likeness (QED) is 0.916. The molecular weight excluding hydrogens is 260 g/mol. The topological polar surface area (TPSA) is 41.1 Å². The third-order valence-corrected chi connectivity index (χ3v) is 5.04. The number of nitrogens with one attached hydrogen (secondary N) is 1. The van der Waals surface area contributed by atoms with Gasteiger partial charge in [-0.2, -0.15) is 0 Å². The van der Waals surface area contributed by atoms with Crippen molar-refractivity contribution >= 4 is 11.6 Å². The fraction of sp³-hybridized carbons (Fsp3) is 0.765. The molecular formula is C17H28N4. The van der Waals surface area contributed by atoms with Crippen molar-refractivity contribution in [1.29, 1.82) is 0 Å². The molecule has 0 aromatic carbocycles. The van der Waals surface area contributed by atoms with Gasteiger partial charge in [-0.1, -0.05) is 13.3 Å². The summed E-state index contributed by atoms with van der Waals surface area (Å²) >= 11 is 0. The Bertz CT molecular complexity index is 496. The number of rotatable bonds is 4. The highest BCUT2D eigenvalue weighted by Crippen LogP contribution is 2.40. The minimum Gasteiger partial charge on any atom is -0.373 e. The van der Waals surface area contributed by atoms with Crippen molar-refractivity contribution < 1.29 is 0 Å². The fourth-order valence-corrected chi connectivity index (χ4v) is 3.38. The molecule has 2 heterocycles. The molecule has 1 N–H and O–H groups in total. The van der Waals surface area contributed by atoms with Crippen LogP contribution in [0.15, 0.2) is 0 Å². The zero-order chi connectivity index (χ0) is 14.8. The maximum Gasteiger partial charge on any atom is 0.137 e. The summed E-state index contributed by atoms with van der Waals surface area (Å²) in [6.07, 6.45) is 7.77. The van der Waals surface area contributed by atoms with Gasteiger partial charge in [-0.25, -0.2) is 9.97 Å². The highest BCUT2D eigenvalue weighted by Gasteiger charge is 2.29. The van der Waals surface area contributed by atoms with Crippen LogP contribution in [0.25, 0.3) is 0 Å². The van der Waals surface area contributed by atoms with Crippen LogP contribution in [0.1, 0.15) is 62.8 Å². The number of nitrogens with zero attached hydrogens (tertiary/aromatic N) is 3. The van der Waals surface area contributed by atoms with Crippen LogP contribution < -0.4 is 10.2 Å². The van der Waals surface area contributed by atoms with Crippen molar-refractivity contribution in [1.82, 2.24) is 9.97 Å². The molecule has 1 aromatic heterocycles. The van der Waals surface area contributed by atoms with Gasteiger partial charge in [0.2, 0.25) is 0 Å². The van der Waals surface area contributed by atoms with Gasteiger partial charge in [-0.05, 0) is 44.9 Å². The molecule has 1 aliphatic heterocycles. The fourth-order valence-electron chi connectivity index (χ4n) is 3.38. The molecule has 0 bridgehead atoms. The van der Waals surface area contributed by atoms with Crippen LogP contribution in [0.4, 0.5) is 11.6 Å². The molecule has 0 radical (unpaired) electrons. The average Bonchev–Trinajstić information content (AvgIpc) is 3.34. The second kappa shape index (κ2) is 6.20. The van der Waals surface area contributed by atoms with Crippen LogP contribution in [-0.2, 0) is 0 Å². The van der Waals surface area contributed by atoms with Crippen molar-refractivity contribution in [2.24, 2.45) is 5.92 Å². The molecule has 0 amide bonds. The number of anilines is 2. The monoisotopic (exact) mass is 288 g/mol. The lowest BCUT2D eigenvalue weighted by Gasteiger charge is -2.25. The standard InChI is InChI=1S/C17H28N4/c1-4-13-6-5-10-21(11-9-13)17-12(2)15(18-3)19-16(20-17)14-7-8-14/h13-14H,4-11H2,1-3H3,(H,18,19,20). The number of hydrogen-bond acceptors (Lipinski definition) is 4. The van der Waals surface area contributed by atoms with Gasteiger partial charge >= 0.3 is 0 Å². The van der Waals surface area contributed by atoms with E-state index in [0.29, 0.717) is 5.92 Å². The van der Waals surface area contributed by atoms with E-state index in [1.807, 2.05) is 7.05 Å². The number of aromatic nitrogens is 2. The molecule has 21 heavy (non-hydrogen) atoms. The van der Waals surface area contributed by atoms with E-state index >= 15 is 0 Å². The molecule has 2 aliphatic rings. The summed E-state index contributed by atoms with van der Waals surface area (Å²) in [6.45, 7) is 6.76. The van der Waals surface area contributed by atoms with E-state index < -0.39 is 0 Å². The zero-order valence-corrected chi connectivity index (χ0v) is 13.7. The zero-order valence-electron chi connectivity index (χ0n) is 13.7. The van der Waals surface area contributed by atoms with Crippen LogP contribution in [0.5, 0.6) is 0 Å². The molecule has 116 valence electrons. The predicted molar refractivity (Wildman–Crippen MR) is 88.1 cm³/mol. The van der Waals surface area contributed by atoms with Crippen molar-refractivity contribution in [2.75, 3.05) is 30.4 Å². The lowest BCUT2D eigenvalue weighted by Crippen LogP contribution is -2.27. The first kappa shape index (κ1) is 14.6. The molecule has 0 spiro atoms. The Morgan fingerprint density at radius 3 is 2.62 bits per heavy atom. The maximum absolute atomic E-state index is 4.93.